The zero-order chi connectivity index (χ0) is 23.4. The molecule has 1 aromatic heterocycles. The fourth-order valence-electron chi connectivity index (χ4n) is 4.13. The zero-order valence-corrected chi connectivity index (χ0v) is 21.4. The third-order valence-corrected chi connectivity index (χ3v) is 6.64. The summed E-state index contributed by atoms with van der Waals surface area (Å²) in [5, 5.41) is 5.12. The minimum Gasteiger partial charge on any atom is -0.493 e. The van der Waals surface area contributed by atoms with Gasteiger partial charge in [-0.2, -0.15) is 9.78 Å². The molecule has 6 nitrogen and oxygen atoms in total. The van der Waals surface area contributed by atoms with Crippen LogP contribution in [0.25, 0.3) is 10.9 Å². The number of halogens is 2. The van der Waals surface area contributed by atoms with Crippen LogP contribution in [0.1, 0.15) is 49.4 Å². The van der Waals surface area contributed by atoms with E-state index in [4.69, 9.17) is 20.9 Å². The molecule has 1 fully saturated rings. The molecule has 170 valence electrons. The Labute approximate surface area is 209 Å². The monoisotopic (exact) mass is 571 g/mol. The fourth-order valence-corrected chi connectivity index (χ4v) is 4.94. The maximum atomic E-state index is 13.5. The summed E-state index contributed by atoms with van der Waals surface area (Å²) in [5.74, 6) is 4.32. The van der Waals surface area contributed by atoms with E-state index >= 15 is 0 Å². The van der Waals surface area contributed by atoms with Gasteiger partial charge in [-0.05, 0) is 43.2 Å². The average Bonchev–Trinajstić information content (AvgIpc) is 2.83. The second-order valence-electron chi connectivity index (χ2n) is 7.85. The Morgan fingerprint density at radius 2 is 2.00 bits per heavy atom. The number of aromatic nitrogens is 2. The molecule has 1 aliphatic rings. The lowest BCUT2D eigenvalue weighted by atomic mass is 9.88. The number of hydrogen-bond acceptors (Lipinski definition) is 5. The van der Waals surface area contributed by atoms with E-state index in [9.17, 15) is 4.79 Å². The second kappa shape index (κ2) is 10.5. The summed E-state index contributed by atoms with van der Waals surface area (Å²) in [7, 11) is 1.56. The molecule has 0 unspecified atom stereocenters. The van der Waals surface area contributed by atoms with Gasteiger partial charge in [-0.25, -0.2) is 4.98 Å². The highest BCUT2D eigenvalue weighted by Crippen LogP contribution is 2.35. The molecule has 0 saturated heterocycles. The van der Waals surface area contributed by atoms with E-state index in [2.05, 4.69) is 42.9 Å². The highest BCUT2D eigenvalue weighted by Gasteiger charge is 2.22. The third kappa shape index (κ3) is 5.15. The smallest absolute Gasteiger partial charge is 0.282 e. The molecule has 1 heterocycles. The predicted octanol–water partition coefficient (Wildman–Crippen LogP) is 5.87. The number of fused-ring (bicyclic) bond motifs is 1. The third-order valence-electron chi connectivity index (χ3n) is 5.68. The van der Waals surface area contributed by atoms with E-state index in [-0.39, 0.29) is 18.1 Å². The number of rotatable bonds is 6. The van der Waals surface area contributed by atoms with Crippen LogP contribution in [-0.2, 0) is 0 Å². The van der Waals surface area contributed by atoms with Crippen LogP contribution in [0.15, 0.2) is 49.2 Å². The van der Waals surface area contributed by atoms with Gasteiger partial charge in [0.2, 0.25) is 0 Å². The van der Waals surface area contributed by atoms with Gasteiger partial charge in [-0.3, -0.25) is 4.79 Å². The van der Waals surface area contributed by atoms with Gasteiger partial charge >= 0.3 is 0 Å². The number of hydrogen-bond donors (Lipinski definition) is 0. The van der Waals surface area contributed by atoms with E-state index in [0.29, 0.717) is 33.8 Å². The Morgan fingerprint density at radius 1 is 1.21 bits per heavy atom. The van der Waals surface area contributed by atoms with Gasteiger partial charge in [-0.15, -0.1) is 6.42 Å². The van der Waals surface area contributed by atoms with Crippen molar-refractivity contribution in [3.05, 3.63) is 61.0 Å². The topological polar surface area (TPSA) is 65.7 Å². The molecule has 2 aromatic carbocycles. The molecule has 0 aliphatic heterocycles. The van der Waals surface area contributed by atoms with Gasteiger partial charge in [0.15, 0.2) is 11.5 Å². The largest absolute Gasteiger partial charge is 0.493 e. The number of nitrogens with zero attached hydrogens (tertiary/aromatic N) is 3. The van der Waals surface area contributed by atoms with Crippen LogP contribution >= 0.6 is 31.9 Å². The van der Waals surface area contributed by atoms with Crippen LogP contribution in [0, 0.1) is 12.3 Å². The summed E-state index contributed by atoms with van der Waals surface area (Å²) in [5.41, 5.74) is 1.11. The second-order valence-corrected chi connectivity index (χ2v) is 9.68. The zero-order valence-electron chi connectivity index (χ0n) is 18.2. The molecule has 4 rings (SSSR count). The Bertz CT molecular complexity index is 1300. The quantitative estimate of drug-likeness (QED) is 0.273. The summed E-state index contributed by atoms with van der Waals surface area (Å²) in [6, 6.07) is 9.18. The lowest BCUT2D eigenvalue weighted by Gasteiger charge is -2.22. The Kier molecular flexibility index (Phi) is 7.51. The first-order valence-corrected chi connectivity index (χ1v) is 12.3. The molecular formula is C25H23Br2N3O3. The average molecular weight is 573 g/mol. The van der Waals surface area contributed by atoms with E-state index in [0.717, 1.165) is 34.6 Å². The van der Waals surface area contributed by atoms with Crippen LogP contribution in [0.5, 0.6) is 11.5 Å². The number of benzene rings is 2. The van der Waals surface area contributed by atoms with E-state index in [1.807, 2.05) is 18.2 Å². The summed E-state index contributed by atoms with van der Waals surface area (Å²) in [6.45, 7) is 0.0810. The van der Waals surface area contributed by atoms with Crippen molar-refractivity contribution in [1.82, 2.24) is 9.66 Å². The molecule has 0 N–H and O–H groups in total. The van der Waals surface area contributed by atoms with Gasteiger partial charge in [0.05, 0.1) is 24.2 Å². The predicted molar refractivity (Wildman–Crippen MR) is 138 cm³/mol. The molecule has 0 radical (unpaired) electrons. The van der Waals surface area contributed by atoms with E-state index in [1.165, 1.54) is 11.1 Å². The molecule has 8 heteroatoms. The first-order valence-electron chi connectivity index (χ1n) is 10.7. The molecule has 33 heavy (non-hydrogen) atoms. The summed E-state index contributed by atoms with van der Waals surface area (Å²) >= 11 is 6.94. The van der Waals surface area contributed by atoms with E-state index < -0.39 is 0 Å². The summed E-state index contributed by atoms with van der Waals surface area (Å²) in [6.07, 6.45) is 12.4. The van der Waals surface area contributed by atoms with Gasteiger partial charge in [-0.1, -0.05) is 57.0 Å². The van der Waals surface area contributed by atoms with Crippen molar-refractivity contribution in [1.29, 1.82) is 0 Å². The van der Waals surface area contributed by atoms with Crippen molar-refractivity contribution in [2.45, 2.75) is 38.0 Å². The van der Waals surface area contributed by atoms with Gasteiger partial charge in [0.1, 0.15) is 12.4 Å². The molecule has 1 saturated carbocycles. The first kappa shape index (κ1) is 23.5. The Hall–Kier alpha value is -2.63. The molecule has 0 amide bonds. The number of methoxy groups -OCH3 is 1. The lowest BCUT2D eigenvalue weighted by Crippen LogP contribution is -2.25. The summed E-state index contributed by atoms with van der Waals surface area (Å²) in [4.78, 5) is 18.4. The standard InChI is InChI=1S/C25H23Br2N3O3/c1-3-11-33-23-17(12-19(27)14-22(23)32-2)15-28-30-24(16-7-5-4-6-8-16)29-21-10-9-18(26)13-20(21)25(30)31/h1,9-10,12-16H,4-8,11H2,2H3. The van der Waals surface area contributed by atoms with Crippen molar-refractivity contribution in [3.8, 4) is 23.8 Å². The maximum Gasteiger partial charge on any atom is 0.282 e. The first-order chi connectivity index (χ1) is 16.0. The fraction of sp³-hybridized carbons (Fsp3) is 0.320. The summed E-state index contributed by atoms with van der Waals surface area (Å²) < 4.78 is 14.2. The molecule has 0 bridgehead atoms. The van der Waals surface area contributed by atoms with Crippen molar-refractivity contribution in [3.63, 3.8) is 0 Å². The van der Waals surface area contributed by atoms with Crippen molar-refractivity contribution in [2.24, 2.45) is 5.10 Å². The Morgan fingerprint density at radius 3 is 2.73 bits per heavy atom. The van der Waals surface area contributed by atoms with Crippen molar-refractivity contribution in [2.75, 3.05) is 13.7 Å². The van der Waals surface area contributed by atoms with Crippen LogP contribution in [-0.4, -0.2) is 29.6 Å². The van der Waals surface area contributed by atoms with Crippen LogP contribution in [0.3, 0.4) is 0 Å². The maximum absolute atomic E-state index is 13.5. The SMILES string of the molecule is C#CCOc1c(C=Nn2c(C3CCCCC3)nc3ccc(Br)cc3c2=O)cc(Br)cc1OC. The molecular weight excluding hydrogens is 550 g/mol. The normalized spacial score (nSPS) is 14.5. The molecule has 0 atom stereocenters. The molecule has 0 spiro atoms. The lowest BCUT2D eigenvalue weighted by molar-refractivity contribution is 0.330. The van der Waals surface area contributed by atoms with Gasteiger partial charge in [0.25, 0.3) is 5.56 Å². The number of ether oxygens (including phenoxy) is 2. The minimum absolute atomic E-state index is 0.0810. The van der Waals surface area contributed by atoms with Crippen LogP contribution in [0.4, 0.5) is 0 Å². The highest BCUT2D eigenvalue weighted by atomic mass is 79.9. The van der Waals surface area contributed by atoms with Crippen molar-refractivity contribution >= 4 is 49.0 Å². The van der Waals surface area contributed by atoms with Gasteiger partial charge < -0.3 is 9.47 Å². The van der Waals surface area contributed by atoms with E-state index in [1.54, 1.807) is 25.5 Å². The van der Waals surface area contributed by atoms with Crippen LogP contribution in [0.2, 0.25) is 0 Å². The number of terminal acetylenes is 1. The molecule has 1 aliphatic carbocycles. The Balaban J connectivity index is 1.87. The highest BCUT2D eigenvalue weighted by molar-refractivity contribution is 9.10. The minimum atomic E-state index is -0.203. The van der Waals surface area contributed by atoms with Gasteiger partial charge in [0, 0.05) is 20.4 Å². The van der Waals surface area contributed by atoms with Crippen LogP contribution < -0.4 is 15.0 Å². The molecule has 3 aromatic rings. The van der Waals surface area contributed by atoms with Crippen molar-refractivity contribution < 1.29 is 9.47 Å².